The van der Waals surface area contributed by atoms with E-state index < -0.39 is 6.10 Å². The van der Waals surface area contributed by atoms with Crippen LogP contribution in [0.3, 0.4) is 0 Å². The van der Waals surface area contributed by atoms with E-state index in [4.69, 9.17) is 4.74 Å². The van der Waals surface area contributed by atoms with Gasteiger partial charge in [-0.15, -0.1) is 0 Å². The van der Waals surface area contributed by atoms with Gasteiger partial charge in [-0.05, 0) is 31.4 Å². The van der Waals surface area contributed by atoms with Gasteiger partial charge < -0.3 is 9.84 Å². The number of aliphatic hydroxyl groups is 1. The first-order valence-electron chi connectivity index (χ1n) is 6.36. The van der Waals surface area contributed by atoms with Crippen molar-refractivity contribution in [3.8, 4) is 0 Å². The Labute approximate surface area is 108 Å². The molecule has 0 amide bonds. The summed E-state index contributed by atoms with van der Waals surface area (Å²) in [4.78, 5) is 11.7. The summed E-state index contributed by atoms with van der Waals surface area (Å²) in [6.45, 7) is 5.92. The molecule has 1 aliphatic carbocycles. The van der Waals surface area contributed by atoms with Gasteiger partial charge in [0.2, 0.25) is 0 Å². The lowest BCUT2D eigenvalue weighted by Crippen LogP contribution is -2.27. The monoisotopic (exact) mass is 248 g/mol. The maximum atomic E-state index is 11.7. The van der Waals surface area contributed by atoms with Gasteiger partial charge in [-0.3, -0.25) is 0 Å². The van der Waals surface area contributed by atoms with Crippen LogP contribution in [0.2, 0.25) is 0 Å². The molecule has 1 heterocycles. The van der Waals surface area contributed by atoms with E-state index in [1.807, 2.05) is 39.0 Å². The summed E-state index contributed by atoms with van der Waals surface area (Å²) in [5, 5.41) is 9.97. The Morgan fingerprint density at radius 1 is 1.44 bits per heavy atom. The number of hydrogen-bond acceptors (Lipinski definition) is 3. The Morgan fingerprint density at radius 2 is 2.17 bits per heavy atom. The number of hydrogen-bond donors (Lipinski definition) is 1. The number of fused-ring (bicyclic) bond motifs is 1. The van der Waals surface area contributed by atoms with E-state index in [1.165, 1.54) is 0 Å². The molecule has 1 aliphatic heterocycles. The molecular weight excluding hydrogens is 228 g/mol. The van der Waals surface area contributed by atoms with Gasteiger partial charge in [-0.25, -0.2) is 4.79 Å². The molecule has 0 saturated carbocycles. The van der Waals surface area contributed by atoms with E-state index in [9.17, 15) is 9.90 Å². The van der Waals surface area contributed by atoms with E-state index in [-0.39, 0.29) is 17.5 Å². The second-order valence-electron chi connectivity index (χ2n) is 5.63. The first-order valence-corrected chi connectivity index (χ1v) is 6.36. The van der Waals surface area contributed by atoms with Crippen LogP contribution in [-0.2, 0) is 9.53 Å². The van der Waals surface area contributed by atoms with Crippen molar-refractivity contribution in [2.24, 2.45) is 5.41 Å². The standard InChI is InChI=1S/C15H20O3/c1-10-5-4-6-11-9-13(18-14(11)17)15(2,3)8-7-12(10)16/h5,7-9,12-13,16H,4,6H2,1-3H3/b8-7?,10-5-/t12?,13-/m0/s1. The molecule has 0 radical (unpaired) electrons. The van der Waals surface area contributed by atoms with Gasteiger partial charge in [0.1, 0.15) is 6.10 Å². The van der Waals surface area contributed by atoms with Gasteiger partial charge in [0.25, 0.3) is 0 Å². The lowest BCUT2D eigenvalue weighted by Gasteiger charge is -2.26. The third-order valence-electron chi connectivity index (χ3n) is 3.64. The van der Waals surface area contributed by atoms with Gasteiger partial charge in [0, 0.05) is 11.0 Å². The lowest BCUT2D eigenvalue weighted by molar-refractivity contribution is -0.142. The number of carbonyl (C=O) groups is 1. The lowest BCUT2D eigenvalue weighted by atomic mass is 9.85. The van der Waals surface area contributed by atoms with Gasteiger partial charge in [0.05, 0.1) is 6.10 Å². The summed E-state index contributed by atoms with van der Waals surface area (Å²) in [7, 11) is 0. The molecule has 2 bridgehead atoms. The van der Waals surface area contributed by atoms with Gasteiger partial charge in [-0.2, -0.15) is 0 Å². The highest BCUT2D eigenvalue weighted by Crippen LogP contribution is 2.33. The van der Waals surface area contributed by atoms with Crippen molar-refractivity contribution in [2.75, 3.05) is 0 Å². The molecule has 2 rings (SSSR count). The topological polar surface area (TPSA) is 46.5 Å². The number of allylic oxidation sites excluding steroid dienone is 1. The third-order valence-corrected chi connectivity index (χ3v) is 3.64. The highest BCUT2D eigenvalue weighted by Gasteiger charge is 2.35. The molecular formula is C15H20O3. The molecule has 3 nitrogen and oxygen atoms in total. The molecule has 0 spiro atoms. The highest BCUT2D eigenvalue weighted by molar-refractivity contribution is 5.91. The zero-order valence-electron chi connectivity index (χ0n) is 11.1. The largest absolute Gasteiger partial charge is 0.454 e. The summed E-state index contributed by atoms with van der Waals surface area (Å²) in [5.74, 6) is -0.200. The first kappa shape index (κ1) is 13.1. The van der Waals surface area contributed by atoms with Crippen LogP contribution in [-0.4, -0.2) is 23.3 Å². The van der Waals surface area contributed by atoms with Crippen LogP contribution in [0.15, 0.2) is 35.5 Å². The molecule has 0 aromatic heterocycles. The number of ether oxygens (including phenoxy) is 1. The fraction of sp³-hybridized carbons (Fsp3) is 0.533. The summed E-state index contributed by atoms with van der Waals surface area (Å²) in [6.07, 6.45) is 8.25. The Kier molecular flexibility index (Phi) is 3.44. The fourth-order valence-corrected chi connectivity index (χ4v) is 2.19. The second kappa shape index (κ2) is 4.73. The Bertz CT molecular complexity index is 441. The van der Waals surface area contributed by atoms with Crippen molar-refractivity contribution in [1.29, 1.82) is 0 Å². The SMILES string of the molecule is C/C1=C/CCC2=C[C@H](OC2=O)C(C)(C)C=CC1O. The minimum absolute atomic E-state index is 0.200. The van der Waals surface area contributed by atoms with Crippen LogP contribution in [0.5, 0.6) is 0 Å². The van der Waals surface area contributed by atoms with Crippen LogP contribution in [0.1, 0.15) is 33.6 Å². The van der Waals surface area contributed by atoms with Gasteiger partial charge in [0.15, 0.2) is 0 Å². The van der Waals surface area contributed by atoms with Gasteiger partial charge in [-0.1, -0.05) is 32.1 Å². The fourth-order valence-electron chi connectivity index (χ4n) is 2.19. The van der Waals surface area contributed by atoms with Crippen LogP contribution in [0.25, 0.3) is 0 Å². The molecule has 1 unspecified atom stereocenters. The van der Waals surface area contributed by atoms with Crippen LogP contribution < -0.4 is 0 Å². The predicted octanol–water partition coefficient (Wildman–Crippen LogP) is 2.52. The van der Waals surface area contributed by atoms with Crippen molar-refractivity contribution >= 4 is 5.97 Å². The zero-order valence-corrected chi connectivity index (χ0v) is 11.1. The average molecular weight is 248 g/mol. The summed E-state index contributed by atoms with van der Waals surface area (Å²) in [6, 6.07) is 0. The zero-order chi connectivity index (χ0) is 13.3. The molecule has 1 N–H and O–H groups in total. The molecule has 0 aromatic rings. The molecule has 0 aromatic carbocycles. The second-order valence-corrected chi connectivity index (χ2v) is 5.63. The van der Waals surface area contributed by atoms with Crippen molar-refractivity contribution < 1.29 is 14.6 Å². The normalized spacial score (nSPS) is 34.1. The number of rotatable bonds is 0. The molecule has 0 saturated heterocycles. The summed E-state index contributed by atoms with van der Waals surface area (Å²) >= 11 is 0. The van der Waals surface area contributed by atoms with Crippen molar-refractivity contribution in [3.05, 3.63) is 35.5 Å². The third kappa shape index (κ3) is 2.56. The van der Waals surface area contributed by atoms with Gasteiger partial charge >= 0.3 is 5.97 Å². The summed E-state index contributed by atoms with van der Waals surface area (Å²) in [5.41, 5.74) is 1.37. The maximum absolute atomic E-state index is 11.7. The molecule has 18 heavy (non-hydrogen) atoms. The van der Waals surface area contributed by atoms with E-state index in [0.717, 1.165) is 17.6 Å². The van der Waals surface area contributed by atoms with E-state index in [1.54, 1.807) is 6.08 Å². The first-order chi connectivity index (χ1) is 8.40. The molecule has 2 atom stereocenters. The Morgan fingerprint density at radius 3 is 2.89 bits per heavy atom. The minimum Gasteiger partial charge on any atom is -0.454 e. The smallest absolute Gasteiger partial charge is 0.334 e. The average Bonchev–Trinajstić information content (AvgIpc) is 2.67. The molecule has 2 aliphatic rings. The van der Waals surface area contributed by atoms with E-state index in [0.29, 0.717) is 6.42 Å². The number of esters is 1. The Hall–Kier alpha value is -1.35. The van der Waals surface area contributed by atoms with Crippen LogP contribution in [0, 0.1) is 5.41 Å². The number of carbonyl (C=O) groups excluding carboxylic acids is 1. The predicted molar refractivity (Wildman–Crippen MR) is 69.9 cm³/mol. The number of aliphatic hydroxyl groups excluding tert-OH is 1. The van der Waals surface area contributed by atoms with E-state index >= 15 is 0 Å². The summed E-state index contributed by atoms with van der Waals surface area (Å²) < 4.78 is 5.39. The minimum atomic E-state index is -0.554. The molecule has 0 fully saturated rings. The molecule has 3 heteroatoms. The van der Waals surface area contributed by atoms with Crippen LogP contribution >= 0.6 is 0 Å². The van der Waals surface area contributed by atoms with Crippen molar-refractivity contribution in [3.63, 3.8) is 0 Å². The highest BCUT2D eigenvalue weighted by atomic mass is 16.5. The maximum Gasteiger partial charge on any atom is 0.334 e. The van der Waals surface area contributed by atoms with Crippen LogP contribution in [0.4, 0.5) is 0 Å². The molecule has 98 valence electrons. The quantitative estimate of drug-likeness (QED) is 0.529. The van der Waals surface area contributed by atoms with Crippen molar-refractivity contribution in [2.45, 2.75) is 45.8 Å². The van der Waals surface area contributed by atoms with Crippen molar-refractivity contribution in [1.82, 2.24) is 0 Å². The Balaban J connectivity index is 2.34. The van der Waals surface area contributed by atoms with E-state index in [2.05, 4.69) is 0 Å².